The highest BCUT2D eigenvalue weighted by Crippen LogP contribution is 2.30. The molecule has 5 heteroatoms. The Labute approximate surface area is 164 Å². The van der Waals surface area contributed by atoms with Crippen molar-refractivity contribution in [3.05, 3.63) is 70.1 Å². The zero-order valence-corrected chi connectivity index (χ0v) is 16.5. The van der Waals surface area contributed by atoms with Gasteiger partial charge < -0.3 is 14.1 Å². The molecule has 28 heavy (non-hydrogen) atoms. The van der Waals surface area contributed by atoms with Crippen LogP contribution in [0.3, 0.4) is 0 Å². The molecule has 1 aromatic heterocycles. The van der Waals surface area contributed by atoms with Crippen LogP contribution in [-0.4, -0.2) is 38.1 Å². The van der Waals surface area contributed by atoms with Crippen LogP contribution in [0.15, 0.2) is 57.7 Å². The first-order chi connectivity index (χ1) is 13.5. The van der Waals surface area contributed by atoms with E-state index in [-0.39, 0.29) is 5.91 Å². The average molecular weight is 379 g/mol. The third-order valence-corrected chi connectivity index (χ3v) is 4.82. The van der Waals surface area contributed by atoms with Crippen LogP contribution in [0, 0.1) is 6.92 Å². The van der Waals surface area contributed by atoms with Gasteiger partial charge in [-0.3, -0.25) is 4.79 Å². The van der Waals surface area contributed by atoms with E-state index in [4.69, 9.17) is 4.42 Å². The van der Waals surface area contributed by atoms with E-state index in [9.17, 15) is 9.59 Å². The highest BCUT2D eigenvalue weighted by molar-refractivity contribution is 6.01. The molecule has 0 spiro atoms. The smallest absolute Gasteiger partial charge is 0.336 e. The second-order valence-corrected chi connectivity index (χ2v) is 6.91. The fraction of sp³-hybridized carbons (Fsp3) is 0.304. The van der Waals surface area contributed by atoms with Crippen LogP contribution in [0.25, 0.3) is 22.1 Å². The number of aryl methyl sites for hydroxylation is 1. The zero-order chi connectivity index (χ0) is 20.1. The van der Waals surface area contributed by atoms with Gasteiger partial charge in [-0.2, -0.15) is 0 Å². The molecule has 1 aliphatic heterocycles. The summed E-state index contributed by atoms with van der Waals surface area (Å²) in [5.74, 6) is 0.00310. The van der Waals surface area contributed by atoms with Crippen LogP contribution >= 0.6 is 0 Å². The van der Waals surface area contributed by atoms with E-state index in [2.05, 4.69) is 4.74 Å². The molecule has 146 valence electrons. The van der Waals surface area contributed by atoms with Crippen molar-refractivity contribution < 1.29 is 13.9 Å². The molecule has 0 unspecified atom stereocenters. The molecule has 2 aromatic carbocycles. The van der Waals surface area contributed by atoms with Gasteiger partial charge in [-0.15, -0.1) is 0 Å². The number of likely N-dealkylation sites (tertiary alicyclic amines) is 1. The summed E-state index contributed by atoms with van der Waals surface area (Å²) in [5.41, 5.74) is 3.54. The first-order valence-electron chi connectivity index (χ1n) is 9.38. The molecule has 4 rings (SSSR count). The summed E-state index contributed by atoms with van der Waals surface area (Å²) >= 11 is 0. The van der Waals surface area contributed by atoms with Crippen LogP contribution in [0.2, 0.25) is 0 Å². The zero-order valence-electron chi connectivity index (χ0n) is 16.5. The first kappa shape index (κ1) is 19.8. The molecule has 0 aliphatic carbocycles. The van der Waals surface area contributed by atoms with Gasteiger partial charge in [-0.25, -0.2) is 4.79 Å². The second kappa shape index (κ2) is 8.85. The minimum atomic E-state index is -0.406. The van der Waals surface area contributed by atoms with Crippen molar-refractivity contribution in [1.29, 1.82) is 0 Å². The molecule has 0 radical (unpaired) electrons. The number of hydrogen-bond acceptors (Lipinski definition) is 4. The van der Waals surface area contributed by atoms with Crippen LogP contribution in [0.4, 0.5) is 0 Å². The van der Waals surface area contributed by atoms with Gasteiger partial charge in [0.2, 0.25) is 0 Å². The normalized spacial score (nSPS) is 13.3. The largest absolute Gasteiger partial charge is 0.423 e. The Morgan fingerprint density at radius 3 is 2.36 bits per heavy atom. The fourth-order valence-corrected chi connectivity index (χ4v) is 3.50. The summed E-state index contributed by atoms with van der Waals surface area (Å²) in [4.78, 5) is 26.5. The summed E-state index contributed by atoms with van der Waals surface area (Å²) in [5, 5.41) is 0.840. The van der Waals surface area contributed by atoms with E-state index in [0.29, 0.717) is 11.1 Å². The van der Waals surface area contributed by atoms with Gasteiger partial charge in [0.05, 0.1) is 0 Å². The molecular formula is C23H25NO4. The molecule has 0 saturated carbocycles. The number of hydrogen-bond donors (Lipinski definition) is 0. The number of nitrogens with zero attached hydrogens (tertiary/aromatic N) is 1. The maximum Gasteiger partial charge on any atom is 0.336 e. The standard InChI is InChI=1S/C21H19NO3.C2H6O/c1-14-6-2-3-7-16(14)18-13-20(23)25-19-12-15(8-9-17(18)19)21(24)22-10-4-5-11-22;1-3-2/h2-3,6-9,12-13H,4-5,10-11H2,1H3;1-2H3. The van der Waals surface area contributed by atoms with Gasteiger partial charge in [0.1, 0.15) is 5.58 Å². The molecule has 1 saturated heterocycles. The van der Waals surface area contributed by atoms with Crippen molar-refractivity contribution in [2.75, 3.05) is 27.3 Å². The van der Waals surface area contributed by atoms with Gasteiger partial charge in [0.25, 0.3) is 5.91 Å². The number of fused-ring (bicyclic) bond motifs is 1. The van der Waals surface area contributed by atoms with E-state index in [1.54, 1.807) is 20.3 Å². The van der Waals surface area contributed by atoms with E-state index in [1.807, 2.05) is 48.2 Å². The lowest BCUT2D eigenvalue weighted by Crippen LogP contribution is -2.27. The molecular weight excluding hydrogens is 354 g/mol. The molecule has 2 heterocycles. The Morgan fingerprint density at radius 1 is 1.00 bits per heavy atom. The lowest BCUT2D eigenvalue weighted by molar-refractivity contribution is 0.0793. The van der Waals surface area contributed by atoms with Crippen molar-refractivity contribution in [3.63, 3.8) is 0 Å². The quantitative estimate of drug-likeness (QED) is 0.624. The van der Waals surface area contributed by atoms with Crippen LogP contribution in [0.5, 0.6) is 0 Å². The Kier molecular flexibility index (Phi) is 6.26. The fourth-order valence-electron chi connectivity index (χ4n) is 3.50. The van der Waals surface area contributed by atoms with Crippen LogP contribution < -0.4 is 5.63 Å². The number of carbonyl (C=O) groups excluding carboxylic acids is 1. The van der Waals surface area contributed by atoms with Crippen molar-refractivity contribution >= 4 is 16.9 Å². The molecule has 0 N–H and O–H groups in total. The third kappa shape index (κ3) is 4.15. The van der Waals surface area contributed by atoms with E-state index in [0.717, 1.165) is 48.0 Å². The molecule has 1 fully saturated rings. The highest BCUT2D eigenvalue weighted by atomic mass is 16.4. The van der Waals surface area contributed by atoms with Gasteiger partial charge in [0, 0.05) is 49.9 Å². The van der Waals surface area contributed by atoms with Crippen LogP contribution in [0.1, 0.15) is 28.8 Å². The maximum atomic E-state index is 12.6. The molecule has 0 bridgehead atoms. The van der Waals surface area contributed by atoms with Crippen molar-refractivity contribution in [2.45, 2.75) is 19.8 Å². The summed E-state index contributed by atoms with van der Waals surface area (Å²) in [7, 11) is 3.25. The predicted octanol–water partition coefficient (Wildman–Crippen LogP) is 4.27. The lowest BCUT2D eigenvalue weighted by Gasteiger charge is -2.15. The van der Waals surface area contributed by atoms with E-state index >= 15 is 0 Å². The monoisotopic (exact) mass is 379 g/mol. The Hall–Kier alpha value is -2.92. The van der Waals surface area contributed by atoms with Gasteiger partial charge in [-0.05, 0) is 49.1 Å². The minimum Gasteiger partial charge on any atom is -0.423 e. The first-order valence-corrected chi connectivity index (χ1v) is 9.38. The second-order valence-electron chi connectivity index (χ2n) is 6.91. The number of benzene rings is 2. The number of rotatable bonds is 2. The van der Waals surface area contributed by atoms with E-state index < -0.39 is 5.63 Å². The number of amides is 1. The highest BCUT2D eigenvalue weighted by Gasteiger charge is 2.20. The Morgan fingerprint density at radius 2 is 1.68 bits per heavy atom. The lowest BCUT2D eigenvalue weighted by atomic mass is 9.97. The number of methoxy groups -OCH3 is 1. The summed E-state index contributed by atoms with van der Waals surface area (Å²) < 4.78 is 9.64. The molecule has 3 aromatic rings. The van der Waals surface area contributed by atoms with Crippen molar-refractivity contribution in [3.8, 4) is 11.1 Å². The molecule has 5 nitrogen and oxygen atoms in total. The number of ether oxygens (including phenoxy) is 1. The van der Waals surface area contributed by atoms with Gasteiger partial charge in [-0.1, -0.05) is 24.3 Å². The summed E-state index contributed by atoms with van der Waals surface area (Å²) in [6.45, 7) is 3.61. The minimum absolute atomic E-state index is 0.00310. The van der Waals surface area contributed by atoms with Crippen LogP contribution in [-0.2, 0) is 4.74 Å². The maximum absolute atomic E-state index is 12.6. The number of carbonyl (C=O) groups is 1. The SMILES string of the molecule is COC.Cc1ccccc1-c1cc(=O)oc2cc(C(=O)N3CCCC3)ccc12. The summed E-state index contributed by atoms with van der Waals surface area (Å²) in [6.07, 6.45) is 2.09. The van der Waals surface area contributed by atoms with E-state index in [1.165, 1.54) is 6.07 Å². The predicted molar refractivity (Wildman–Crippen MR) is 111 cm³/mol. The Balaban J connectivity index is 0.000000706. The third-order valence-electron chi connectivity index (χ3n) is 4.82. The summed E-state index contributed by atoms with van der Waals surface area (Å²) in [6, 6.07) is 14.8. The molecule has 1 amide bonds. The Bertz CT molecular complexity index is 1030. The molecule has 0 atom stereocenters. The van der Waals surface area contributed by atoms with Gasteiger partial charge >= 0.3 is 5.63 Å². The van der Waals surface area contributed by atoms with Gasteiger partial charge in [0.15, 0.2) is 0 Å². The molecule has 1 aliphatic rings. The van der Waals surface area contributed by atoms with Crippen molar-refractivity contribution in [1.82, 2.24) is 4.90 Å². The van der Waals surface area contributed by atoms with Crippen molar-refractivity contribution in [2.24, 2.45) is 0 Å². The topological polar surface area (TPSA) is 59.8 Å². The average Bonchev–Trinajstić information content (AvgIpc) is 3.22.